The molecule has 0 aliphatic heterocycles. The Morgan fingerprint density at radius 1 is 1.05 bits per heavy atom. The molecule has 2 aromatic rings. The molecule has 19 heavy (non-hydrogen) atoms. The van der Waals surface area contributed by atoms with Crippen LogP contribution >= 0.6 is 50.7 Å². The van der Waals surface area contributed by atoms with Gasteiger partial charge in [0.25, 0.3) is 0 Å². The fourth-order valence-electron chi connectivity index (χ4n) is 1.66. The highest BCUT2D eigenvalue weighted by atomic mass is 79.9. The van der Waals surface area contributed by atoms with Crippen molar-refractivity contribution in [2.24, 2.45) is 0 Å². The minimum absolute atomic E-state index is 0.172. The minimum atomic E-state index is 0.172. The van der Waals surface area contributed by atoms with Gasteiger partial charge in [-0.3, -0.25) is 0 Å². The Labute approximate surface area is 135 Å². The summed E-state index contributed by atoms with van der Waals surface area (Å²) in [7, 11) is 0. The third kappa shape index (κ3) is 3.22. The number of nitrogens with zero attached hydrogens (tertiary/aromatic N) is 2. The van der Waals surface area contributed by atoms with Crippen molar-refractivity contribution in [2.45, 2.75) is 19.8 Å². The van der Waals surface area contributed by atoms with Gasteiger partial charge in [0, 0.05) is 15.6 Å². The standard InChI is InChI=1S/C13H10BrCl3N2/c1-6(2)10-11(16)18-13(19-12(10)17)7-3-4-9(15)8(14)5-7/h3-6H,1-2H3. The summed E-state index contributed by atoms with van der Waals surface area (Å²) in [5, 5.41) is 1.40. The van der Waals surface area contributed by atoms with Crippen LogP contribution in [0.1, 0.15) is 25.3 Å². The molecule has 100 valence electrons. The predicted octanol–water partition coefficient (Wildman–Crippen LogP) is 5.99. The van der Waals surface area contributed by atoms with Crippen molar-refractivity contribution in [2.75, 3.05) is 0 Å². The van der Waals surface area contributed by atoms with Crippen LogP contribution in [0.2, 0.25) is 15.3 Å². The average Bonchev–Trinajstić information content (AvgIpc) is 2.31. The Morgan fingerprint density at radius 2 is 1.63 bits per heavy atom. The van der Waals surface area contributed by atoms with Crippen molar-refractivity contribution in [3.8, 4) is 11.4 Å². The Bertz CT molecular complexity index is 606. The molecule has 0 aliphatic carbocycles. The van der Waals surface area contributed by atoms with Crippen molar-refractivity contribution in [3.05, 3.63) is 43.6 Å². The van der Waals surface area contributed by atoms with E-state index in [1.54, 1.807) is 6.07 Å². The summed E-state index contributed by atoms with van der Waals surface area (Å²) < 4.78 is 0.774. The van der Waals surface area contributed by atoms with Gasteiger partial charge in [-0.2, -0.15) is 0 Å². The van der Waals surface area contributed by atoms with E-state index in [-0.39, 0.29) is 5.92 Å². The van der Waals surface area contributed by atoms with Crippen LogP contribution < -0.4 is 0 Å². The lowest BCUT2D eigenvalue weighted by atomic mass is 10.1. The predicted molar refractivity (Wildman–Crippen MR) is 84.3 cm³/mol. The Morgan fingerprint density at radius 3 is 2.11 bits per heavy atom. The number of hydrogen-bond acceptors (Lipinski definition) is 2. The van der Waals surface area contributed by atoms with Crippen molar-refractivity contribution in [1.82, 2.24) is 9.97 Å². The first-order chi connectivity index (χ1) is 8.90. The number of halogens is 4. The molecule has 1 aromatic carbocycles. The molecule has 0 unspecified atom stereocenters. The summed E-state index contributed by atoms with van der Waals surface area (Å²) in [5.74, 6) is 0.655. The van der Waals surface area contributed by atoms with Gasteiger partial charge in [-0.25, -0.2) is 9.97 Å². The van der Waals surface area contributed by atoms with Crippen LogP contribution in [-0.4, -0.2) is 9.97 Å². The monoisotopic (exact) mass is 378 g/mol. The average molecular weight is 380 g/mol. The first-order valence-electron chi connectivity index (χ1n) is 5.58. The van der Waals surface area contributed by atoms with E-state index in [4.69, 9.17) is 34.8 Å². The molecule has 0 atom stereocenters. The lowest BCUT2D eigenvalue weighted by molar-refractivity contribution is 0.848. The summed E-state index contributed by atoms with van der Waals surface area (Å²) in [4.78, 5) is 8.60. The molecule has 0 fully saturated rings. The molecule has 2 nitrogen and oxygen atoms in total. The van der Waals surface area contributed by atoms with Crippen molar-refractivity contribution < 1.29 is 0 Å². The second kappa shape index (κ2) is 5.96. The number of rotatable bonds is 2. The molecule has 0 saturated carbocycles. The Kier molecular flexibility index (Phi) is 4.72. The summed E-state index contributed by atoms with van der Waals surface area (Å²) >= 11 is 21.7. The van der Waals surface area contributed by atoms with E-state index in [9.17, 15) is 0 Å². The van der Waals surface area contributed by atoms with Gasteiger partial charge in [0.2, 0.25) is 0 Å². The Hall–Kier alpha value is -0.350. The highest BCUT2D eigenvalue weighted by molar-refractivity contribution is 9.10. The van der Waals surface area contributed by atoms with E-state index in [0.717, 1.165) is 15.6 Å². The van der Waals surface area contributed by atoms with Gasteiger partial charge in [0.1, 0.15) is 10.3 Å². The lowest BCUT2D eigenvalue weighted by Crippen LogP contribution is -1.99. The number of hydrogen-bond donors (Lipinski definition) is 0. The van der Waals surface area contributed by atoms with Crippen LogP contribution in [0.15, 0.2) is 22.7 Å². The largest absolute Gasteiger partial charge is 0.216 e. The van der Waals surface area contributed by atoms with E-state index in [1.165, 1.54) is 0 Å². The van der Waals surface area contributed by atoms with Crippen LogP contribution in [0.25, 0.3) is 11.4 Å². The normalized spacial score (nSPS) is 11.1. The summed E-state index contributed by atoms with van der Waals surface area (Å²) in [6, 6.07) is 5.42. The van der Waals surface area contributed by atoms with Crippen LogP contribution in [0.3, 0.4) is 0 Å². The first kappa shape index (κ1) is 15.0. The lowest BCUT2D eigenvalue weighted by Gasteiger charge is -2.11. The Balaban J connectivity index is 2.55. The maximum atomic E-state index is 6.18. The zero-order valence-electron chi connectivity index (χ0n) is 10.2. The van der Waals surface area contributed by atoms with Gasteiger partial charge in [-0.1, -0.05) is 48.7 Å². The molecule has 0 saturated heterocycles. The SMILES string of the molecule is CC(C)c1c(Cl)nc(-c2ccc(Cl)c(Br)c2)nc1Cl. The second-order valence-electron chi connectivity index (χ2n) is 4.33. The summed E-state index contributed by atoms with van der Waals surface area (Å²) in [6.45, 7) is 3.99. The second-order valence-corrected chi connectivity index (χ2v) is 6.30. The van der Waals surface area contributed by atoms with Gasteiger partial charge in [0.05, 0.1) is 5.02 Å². The van der Waals surface area contributed by atoms with Crippen LogP contribution in [-0.2, 0) is 0 Å². The van der Waals surface area contributed by atoms with E-state index in [0.29, 0.717) is 21.2 Å². The summed E-state index contributed by atoms with van der Waals surface area (Å²) in [5.41, 5.74) is 1.57. The van der Waals surface area contributed by atoms with Crippen LogP contribution in [0.4, 0.5) is 0 Å². The van der Waals surface area contributed by atoms with E-state index < -0.39 is 0 Å². The maximum Gasteiger partial charge on any atom is 0.162 e. The van der Waals surface area contributed by atoms with Gasteiger partial charge < -0.3 is 0 Å². The first-order valence-corrected chi connectivity index (χ1v) is 7.51. The minimum Gasteiger partial charge on any atom is -0.216 e. The zero-order chi connectivity index (χ0) is 14.2. The molecular weight excluding hydrogens is 370 g/mol. The maximum absolute atomic E-state index is 6.18. The van der Waals surface area contributed by atoms with Crippen LogP contribution in [0, 0.1) is 0 Å². The molecule has 0 amide bonds. The topological polar surface area (TPSA) is 25.8 Å². The third-order valence-electron chi connectivity index (χ3n) is 2.61. The smallest absolute Gasteiger partial charge is 0.162 e. The zero-order valence-corrected chi connectivity index (χ0v) is 14.1. The molecular formula is C13H10BrCl3N2. The summed E-state index contributed by atoms with van der Waals surface area (Å²) in [6.07, 6.45) is 0. The van der Waals surface area contributed by atoms with Crippen molar-refractivity contribution >= 4 is 50.7 Å². The molecule has 0 aliphatic rings. The quantitative estimate of drug-likeness (QED) is 0.598. The van der Waals surface area contributed by atoms with Gasteiger partial charge in [-0.15, -0.1) is 0 Å². The molecule has 1 heterocycles. The van der Waals surface area contributed by atoms with E-state index in [2.05, 4.69) is 25.9 Å². The molecule has 2 rings (SSSR count). The third-order valence-corrected chi connectivity index (χ3v) is 4.40. The van der Waals surface area contributed by atoms with Crippen molar-refractivity contribution in [3.63, 3.8) is 0 Å². The fourth-order valence-corrected chi connectivity index (χ4v) is 2.98. The highest BCUT2D eigenvalue weighted by Gasteiger charge is 2.15. The van der Waals surface area contributed by atoms with Crippen LogP contribution in [0.5, 0.6) is 0 Å². The van der Waals surface area contributed by atoms with E-state index >= 15 is 0 Å². The molecule has 6 heteroatoms. The molecule has 0 radical (unpaired) electrons. The number of aromatic nitrogens is 2. The van der Waals surface area contributed by atoms with Gasteiger partial charge >= 0.3 is 0 Å². The van der Waals surface area contributed by atoms with Crippen molar-refractivity contribution in [1.29, 1.82) is 0 Å². The molecule has 0 spiro atoms. The fraction of sp³-hybridized carbons (Fsp3) is 0.231. The molecule has 0 N–H and O–H groups in total. The molecule has 0 bridgehead atoms. The highest BCUT2D eigenvalue weighted by Crippen LogP contribution is 2.32. The number of benzene rings is 1. The van der Waals surface area contributed by atoms with E-state index in [1.807, 2.05) is 26.0 Å². The van der Waals surface area contributed by atoms with Gasteiger partial charge in [0.15, 0.2) is 5.82 Å². The van der Waals surface area contributed by atoms with Gasteiger partial charge in [-0.05, 0) is 40.0 Å². The molecule has 1 aromatic heterocycles.